The van der Waals surface area contributed by atoms with E-state index in [1.165, 1.54) is 0 Å². The van der Waals surface area contributed by atoms with Crippen LogP contribution < -0.4 is 0 Å². The maximum atomic E-state index is 5.29. The zero-order valence-electron chi connectivity index (χ0n) is 14.1. The van der Waals surface area contributed by atoms with Crippen molar-refractivity contribution in [2.24, 2.45) is 0 Å². The van der Waals surface area contributed by atoms with Gasteiger partial charge in [0.2, 0.25) is 0 Å². The van der Waals surface area contributed by atoms with Gasteiger partial charge in [-0.2, -0.15) is 9.61 Å². The maximum absolute atomic E-state index is 5.29. The van der Waals surface area contributed by atoms with E-state index in [0.717, 1.165) is 67.5 Å². The molecule has 7 nitrogen and oxygen atoms in total. The summed E-state index contributed by atoms with van der Waals surface area (Å²) in [6, 6.07) is 5.97. The van der Waals surface area contributed by atoms with Gasteiger partial charge in [-0.1, -0.05) is 5.16 Å². The van der Waals surface area contributed by atoms with Gasteiger partial charge in [-0.3, -0.25) is 0 Å². The van der Waals surface area contributed by atoms with Crippen molar-refractivity contribution in [2.45, 2.75) is 39.0 Å². The van der Waals surface area contributed by atoms with Gasteiger partial charge in [-0.05, 0) is 51.9 Å². The molecule has 0 amide bonds. The Morgan fingerprint density at radius 2 is 1.96 bits per heavy atom. The van der Waals surface area contributed by atoms with Crippen LogP contribution in [-0.2, 0) is 6.42 Å². The third-order valence-corrected chi connectivity index (χ3v) is 4.72. The van der Waals surface area contributed by atoms with Crippen LogP contribution in [0.1, 0.15) is 41.7 Å². The number of likely N-dealkylation sites (tertiary alicyclic amines) is 1. The summed E-state index contributed by atoms with van der Waals surface area (Å²) in [5.74, 6) is 2.40. The number of aromatic nitrogens is 5. The summed E-state index contributed by atoms with van der Waals surface area (Å²) >= 11 is 0. The Balaban J connectivity index is 1.37. The number of hydrogen-bond donors (Lipinski definition) is 0. The highest BCUT2D eigenvalue weighted by Gasteiger charge is 2.25. The van der Waals surface area contributed by atoms with Crippen LogP contribution in [0, 0.1) is 13.8 Å². The van der Waals surface area contributed by atoms with Crippen LogP contribution >= 0.6 is 0 Å². The quantitative estimate of drug-likeness (QED) is 0.731. The number of rotatable bonds is 4. The van der Waals surface area contributed by atoms with E-state index >= 15 is 0 Å². The first-order valence-corrected chi connectivity index (χ1v) is 8.52. The Morgan fingerprint density at radius 3 is 2.71 bits per heavy atom. The van der Waals surface area contributed by atoms with Gasteiger partial charge in [0.15, 0.2) is 11.5 Å². The zero-order valence-corrected chi connectivity index (χ0v) is 14.1. The first kappa shape index (κ1) is 15.3. The molecule has 1 aliphatic rings. The highest BCUT2D eigenvalue weighted by molar-refractivity contribution is 5.36. The molecule has 1 aliphatic heterocycles. The molecule has 1 saturated heterocycles. The van der Waals surface area contributed by atoms with Gasteiger partial charge in [0.25, 0.3) is 0 Å². The SMILES string of the molecule is Cc1cc(CCN2CCC(c3nnc4ccc(C)nn34)CC2)on1. The van der Waals surface area contributed by atoms with Crippen molar-refractivity contribution in [3.63, 3.8) is 0 Å². The van der Waals surface area contributed by atoms with Gasteiger partial charge < -0.3 is 9.42 Å². The Hall–Kier alpha value is -2.28. The van der Waals surface area contributed by atoms with E-state index in [1.807, 2.05) is 36.6 Å². The number of piperidine rings is 1. The lowest BCUT2D eigenvalue weighted by molar-refractivity contribution is 0.205. The lowest BCUT2D eigenvalue weighted by Crippen LogP contribution is -2.35. The predicted molar refractivity (Wildman–Crippen MR) is 88.9 cm³/mol. The highest BCUT2D eigenvalue weighted by Crippen LogP contribution is 2.26. The van der Waals surface area contributed by atoms with E-state index in [0.29, 0.717) is 5.92 Å². The Kier molecular flexibility index (Phi) is 4.02. The largest absolute Gasteiger partial charge is 0.361 e. The smallest absolute Gasteiger partial charge is 0.177 e. The minimum Gasteiger partial charge on any atom is -0.361 e. The van der Waals surface area contributed by atoms with Crippen molar-refractivity contribution in [3.05, 3.63) is 41.2 Å². The fraction of sp³-hybridized carbons (Fsp3) is 0.529. The van der Waals surface area contributed by atoms with Crippen LogP contribution in [0.5, 0.6) is 0 Å². The summed E-state index contributed by atoms with van der Waals surface area (Å²) in [4.78, 5) is 2.48. The molecule has 0 saturated carbocycles. The van der Waals surface area contributed by atoms with Crippen LogP contribution in [0.4, 0.5) is 0 Å². The second-order valence-corrected chi connectivity index (χ2v) is 6.60. The van der Waals surface area contributed by atoms with Crippen LogP contribution in [0.25, 0.3) is 5.65 Å². The summed E-state index contributed by atoms with van der Waals surface area (Å²) in [7, 11) is 0. The monoisotopic (exact) mass is 326 g/mol. The van der Waals surface area contributed by atoms with E-state index in [2.05, 4.69) is 25.4 Å². The van der Waals surface area contributed by atoms with Gasteiger partial charge in [-0.25, -0.2) is 0 Å². The fourth-order valence-electron chi connectivity index (χ4n) is 3.37. The molecule has 4 heterocycles. The molecule has 3 aromatic rings. The Morgan fingerprint density at radius 1 is 1.12 bits per heavy atom. The standard InChI is InChI=1S/C17H22N6O/c1-12-3-4-16-18-19-17(23(16)20-12)14-5-8-22(9-6-14)10-7-15-11-13(2)21-24-15/h3-4,11,14H,5-10H2,1-2H3. The Bertz CT molecular complexity index is 831. The molecule has 0 atom stereocenters. The van der Waals surface area contributed by atoms with Crippen molar-refractivity contribution in [2.75, 3.05) is 19.6 Å². The molecule has 0 aliphatic carbocycles. The molecule has 24 heavy (non-hydrogen) atoms. The molecule has 7 heteroatoms. The van der Waals surface area contributed by atoms with Gasteiger partial charge in [0, 0.05) is 24.9 Å². The van der Waals surface area contributed by atoms with Crippen LogP contribution in [0.15, 0.2) is 22.7 Å². The third-order valence-electron chi connectivity index (χ3n) is 4.72. The third kappa shape index (κ3) is 3.03. The molecular formula is C17H22N6O. The van der Waals surface area contributed by atoms with E-state index < -0.39 is 0 Å². The average molecular weight is 326 g/mol. The van der Waals surface area contributed by atoms with Crippen molar-refractivity contribution in [1.82, 2.24) is 29.9 Å². The molecule has 0 bridgehead atoms. The molecule has 0 aromatic carbocycles. The van der Waals surface area contributed by atoms with E-state index in [9.17, 15) is 0 Å². The normalized spacial score (nSPS) is 16.9. The molecule has 0 radical (unpaired) electrons. The van der Waals surface area contributed by atoms with E-state index in [4.69, 9.17) is 4.52 Å². The lowest BCUT2D eigenvalue weighted by Gasteiger charge is -2.30. The summed E-state index contributed by atoms with van der Waals surface area (Å²) in [5.41, 5.74) is 2.77. The second kappa shape index (κ2) is 6.32. The topological polar surface area (TPSA) is 72.4 Å². The van der Waals surface area contributed by atoms with E-state index in [1.54, 1.807) is 0 Å². The van der Waals surface area contributed by atoms with Gasteiger partial charge >= 0.3 is 0 Å². The lowest BCUT2D eigenvalue weighted by atomic mass is 9.96. The van der Waals surface area contributed by atoms with Gasteiger partial charge in [-0.15, -0.1) is 10.2 Å². The number of aryl methyl sites for hydroxylation is 2. The second-order valence-electron chi connectivity index (χ2n) is 6.60. The minimum atomic E-state index is 0.429. The van der Waals surface area contributed by atoms with Gasteiger partial charge in [0.1, 0.15) is 5.76 Å². The first-order valence-electron chi connectivity index (χ1n) is 8.52. The summed E-state index contributed by atoms with van der Waals surface area (Å²) in [6.45, 7) is 7.10. The molecule has 0 unspecified atom stereocenters. The van der Waals surface area contributed by atoms with E-state index in [-0.39, 0.29) is 0 Å². The highest BCUT2D eigenvalue weighted by atomic mass is 16.5. The van der Waals surface area contributed by atoms with Crippen molar-refractivity contribution in [3.8, 4) is 0 Å². The molecule has 3 aromatic heterocycles. The summed E-state index contributed by atoms with van der Waals surface area (Å²) < 4.78 is 7.20. The molecule has 0 N–H and O–H groups in total. The number of hydrogen-bond acceptors (Lipinski definition) is 6. The predicted octanol–water partition coefficient (Wildman–Crippen LogP) is 2.15. The maximum Gasteiger partial charge on any atom is 0.177 e. The molecule has 1 fully saturated rings. The molecular weight excluding hydrogens is 304 g/mol. The Labute approximate surface area is 140 Å². The van der Waals surface area contributed by atoms with Crippen molar-refractivity contribution in [1.29, 1.82) is 0 Å². The van der Waals surface area contributed by atoms with Crippen molar-refractivity contribution < 1.29 is 4.52 Å². The van der Waals surface area contributed by atoms with Crippen LogP contribution in [0.3, 0.4) is 0 Å². The molecule has 4 rings (SSSR count). The number of fused-ring (bicyclic) bond motifs is 1. The minimum absolute atomic E-state index is 0.429. The van der Waals surface area contributed by atoms with Crippen molar-refractivity contribution >= 4 is 5.65 Å². The zero-order chi connectivity index (χ0) is 16.5. The first-order chi connectivity index (χ1) is 11.7. The summed E-state index contributed by atoms with van der Waals surface area (Å²) in [6.07, 6.45) is 3.10. The summed E-state index contributed by atoms with van der Waals surface area (Å²) in [5, 5.41) is 17.2. The number of nitrogens with zero attached hydrogens (tertiary/aromatic N) is 6. The van der Waals surface area contributed by atoms with Gasteiger partial charge in [0.05, 0.1) is 11.4 Å². The average Bonchev–Trinajstić information content (AvgIpc) is 3.19. The van der Waals surface area contributed by atoms with Crippen LogP contribution in [-0.4, -0.2) is 49.5 Å². The molecule has 0 spiro atoms. The molecule has 126 valence electrons. The fourth-order valence-corrected chi connectivity index (χ4v) is 3.37. The van der Waals surface area contributed by atoms with Crippen LogP contribution in [0.2, 0.25) is 0 Å².